The van der Waals surface area contributed by atoms with Crippen molar-refractivity contribution >= 4 is 29.0 Å². The Labute approximate surface area is 155 Å². The van der Waals surface area contributed by atoms with E-state index in [9.17, 15) is 4.79 Å². The van der Waals surface area contributed by atoms with Gasteiger partial charge in [0.1, 0.15) is 6.10 Å². The summed E-state index contributed by atoms with van der Waals surface area (Å²) in [5.41, 5.74) is 0.921. The van der Waals surface area contributed by atoms with E-state index in [0.29, 0.717) is 46.0 Å². The van der Waals surface area contributed by atoms with Crippen LogP contribution in [0, 0.1) is 0 Å². The van der Waals surface area contributed by atoms with Crippen molar-refractivity contribution in [3.05, 3.63) is 45.8 Å². The number of hydrogen-bond acceptors (Lipinski definition) is 6. The maximum absolute atomic E-state index is 12.6. The van der Waals surface area contributed by atoms with E-state index in [1.54, 1.807) is 6.07 Å². The SMILES string of the molecule is COc1ncc(C(=O)Cc2c(Cl)cncc2Cl)cc1OC1CCOC1. The van der Waals surface area contributed by atoms with Gasteiger partial charge in [0, 0.05) is 42.6 Å². The molecule has 0 amide bonds. The molecular weight excluding hydrogens is 367 g/mol. The lowest BCUT2D eigenvalue weighted by Crippen LogP contribution is -2.17. The molecule has 1 aliphatic rings. The predicted molar refractivity (Wildman–Crippen MR) is 92.9 cm³/mol. The number of Topliss-reactive ketones (excluding diaryl/α,β-unsaturated/α-hetero) is 1. The van der Waals surface area contributed by atoms with Crippen molar-refractivity contribution in [2.45, 2.75) is 18.9 Å². The second-order valence-corrected chi connectivity index (χ2v) is 6.33. The van der Waals surface area contributed by atoms with Gasteiger partial charge >= 0.3 is 0 Å². The van der Waals surface area contributed by atoms with Gasteiger partial charge in [0.25, 0.3) is 5.88 Å². The van der Waals surface area contributed by atoms with Crippen molar-refractivity contribution in [1.29, 1.82) is 0 Å². The quantitative estimate of drug-likeness (QED) is 0.713. The standard InChI is InChI=1S/C17H16Cl2N2O4/c1-23-17-16(25-11-2-3-24-9-11)4-10(6-21-17)15(22)5-12-13(18)7-20-8-14(12)19/h4,6-8,11H,2-3,5,9H2,1H3. The van der Waals surface area contributed by atoms with Crippen LogP contribution in [-0.4, -0.2) is 42.2 Å². The van der Waals surface area contributed by atoms with Crippen LogP contribution in [0.15, 0.2) is 24.7 Å². The van der Waals surface area contributed by atoms with Crippen LogP contribution in [0.2, 0.25) is 10.0 Å². The Morgan fingerprint density at radius 3 is 2.72 bits per heavy atom. The van der Waals surface area contributed by atoms with Crippen molar-refractivity contribution in [3.8, 4) is 11.6 Å². The van der Waals surface area contributed by atoms with E-state index >= 15 is 0 Å². The zero-order valence-electron chi connectivity index (χ0n) is 13.5. The largest absolute Gasteiger partial charge is 0.482 e. The first-order valence-electron chi connectivity index (χ1n) is 7.68. The van der Waals surface area contributed by atoms with E-state index in [2.05, 4.69) is 9.97 Å². The second kappa shape index (κ2) is 7.99. The molecule has 0 N–H and O–H groups in total. The summed E-state index contributed by atoms with van der Waals surface area (Å²) in [6.45, 7) is 1.15. The molecule has 1 saturated heterocycles. The minimum atomic E-state index is -0.183. The number of ketones is 1. The number of carbonyl (C=O) groups is 1. The number of ether oxygens (including phenoxy) is 3. The lowest BCUT2D eigenvalue weighted by molar-refractivity contribution is 0.0991. The summed E-state index contributed by atoms with van der Waals surface area (Å²) in [5.74, 6) is 0.553. The molecule has 0 aliphatic carbocycles. The predicted octanol–water partition coefficient (Wildman–Crippen LogP) is 3.39. The molecule has 1 fully saturated rings. The van der Waals surface area contributed by atoms with Crippen molar-refractivity contribution in [3.63, 3.8) is 0 Å². The molecule has 0 spiro atoms. The molecule has 0 radical (unpaired) electrons. The number of methoxy groups -OCH3 is 1. The Morgan fingerprint density at radius 1 is 1.32 bits per heavy atom. The van der Waals surface area contributed by atoms with Gasteiger partial charge in [-0.2, -0.15) is 0 Å². The van der Waals surface area contributed by atoms with E-state index in [1.165, 1.54) is 25.7 Å². The van der Waals surface area contributed by atoms with E-state index in [0.717, 1.165) is 6.42 Å². The molecule has 132 valence electrons. The molecule has 3 heterocycles. The molecule has 0 bridgehead atoms. The summed E-state index contributed by atoms with van der Waals surface area (Å²) in [4.78, 5) is 20.7. The number of nitrogens with zero attached hydrogens (tertiary/aromatic N) is 2. The van der Waals surface area contributed by atoms with Crippen LogP contribution < -0.4 is 9.47 Å². The minimum Gasteiger partial charge on any atom is -0.482 e. The monoisotopic (exact) mass is 382 g/mol. The van der Waals surface area contributed by atoms with Gasteiger partial charge in [0.15, 0.2) is 11.5 Å². The third kappa shape index (κ3) is 4.21. The Kier molecular flexibility index (Phi) is 5.73. The second-order valence-electron chi connectivity index (χ2n) is 5.52. The van der Waals surface area contributed by atoms with Gasteiger partial charge < -0.3 is 14.2 Å². The van der Waals surface area contributed by atoms with Gasteiger partial charge in [0.05, 0.1) is 30.4 Å². The Hall–Kier alpha value is -1.89. The van der Waals surface area contributed by atoms with Crippen LogP contribution in [-0.2, 0) is 11.2 Å². The van der Waals surface area contributed by atoms with Gasteiger partial charge in [-0.15, -0.1) is 0 Å². The normalized spacial score (nSPS) is 16.7. The van der Waals surface area contributed by atoms with E-state index < -0.39 is 0 Å². The highest BCUT2D eigenvalue weighted by Gasteiger charge is 2.21. The molecule has 2 aromatic rings. The van der Waals surface area contributed by atoms with Gasteiger partial charge in [-0.05, 0) is 6.07 Å². The summed E-state index contributed by atoms with van der Waals surface area (Å²) in [6, 6.07) is 1.62. The van der Waals surface area contributed by atoms with Crippen LogP contribution in [0.25, 0.3) is 0 Å². The molecule has 1 unspecified atom stereocenters. The van der Waals surface area contributed by atoms with Crippen molar-refractivity contribution in [2.75, 3.05) is 20.3 Å². The summed E-state index contributed by atoms with van der Waals surface area (Å²) in [6.07, 6.45) is 5.10. The van der Waals surface area contributed by atoms with E-state index in [-0.39, 0.29) is 18.3 Å². The topological polar surface area (TPSA) is 70.5 Å². The Bertz CT molecular complexity index is 759. The zero-order valence-corrected chi connectivity index (χ0v) is 15.0. The maximum atomic E-state index is 12.6. The van der Waals surface area contributed by atoms with Crippen LogP contribution in [0.1, 0.15) is 22.3 Å². The van der Waals surface area contributed by atoms with Crippen molar-refractivity contribution in [1.82, 2.24) is 9.97 Å². The third-order valence-electron chi connectivity index (χ3n) is 3.80. The fraction of sp³-hybridized carbons (Fsp3) is 0.353. The highest BCUT2D eigenvalue weighted by Crippen LogP contribution is 2.29. The molecule has 1 aliphatic heterocycles. The molecule has 0 saturated carbocycles. The molecule has 0 aromatic carbocycles. The number of pyridine rings is 2. The fourth-order valence-electron chi connectivity index (χ4n) is 2.48. The molecule has 1 atom stereocenters. The summed E-state index contributed by atoms with van der Waals surface area (Å²) in [5, 5.41) is 0.698. The number of hydrogen-bond donors (Lipinski definition) is 0. The summed E-state index contributed by atoms with van der Waals surface area (Å²) >= 11 is 12.2. The minimum absolute atomic E-state index is 0.0418. The maximum Gasteiger partial charge on any atom is 0.256 e. The van der Waals surface area contributed by atoms with E-state index in [1.807, 2.05) is 0 Å². The van der Waals surface area contributed by atoms with Crippen LogP contribution in [0.5, 0.6) is 11.6 Å². The van der Waals surface area contributed by atoms with Crippen LogP contribution in [0.4, 0.5) is 0 Å². The summed E-state index contributed by atoms with van der Waals surface area (Å²) < 4.78 is 16.4. The van der Waals surface area contributed by atoms with Gasteiger partial charge in [-0.1, -0.05) is 23.2 Å². The summed E-state index contributed by atoms with van der Waals surface area (Å²) in [7, 11) is 1.50. The van der Waals surface area contributed by atoms with Crippen molar-refractivity contribution < 1.29 is 19.0 Å². The fourth-order valence-corrected chi connectivity index (χ4v) is 2.98. The van der Waals surface area contributed by atoms with Crippen LogP contribution >= 0.6 is 23.2 Å². The molecule has 3 rings (SSSR count). The molecule has 8 heteroatoms. The number of halogens is 2. The highest BCUT2D eigenvalue weighted by molar-refractivity contribution is 6.36. The molecule has 2 aromatic heterocycles. The third-order valence-corrected chi connectivity index (χ3v) is 4.46. The first-order valence-corrected chi connectivity index (χ1v) is 8.43. The number of aromatic nitrogens is 2. The molecule has 6 nitrogen and oxygen atoms in total. The van der Waals surface area contributed by atoms with Gasteiger partial charge in [-0.25, -0.2) is 4.98 Å². The number of rotatable bonds is 6. The molecule has 25 heavy (non-hydrogen) atoms. The Morgan fingerprint density at radius 2 is 2.08 bits per heavy atom. The highest BCUT2D eigenvalue weighted by atomic mass is 35.5. The van der Waals surface area contributed by atoms with Crippen LogP contribution in [0.3, 0.4) is 0 Å². The smallest absolute Gasteiger partial charge is 0.256 e. The lowest BCUT2D eigenvalue weighted by Gasteiger charge is -2.15. The first-order chi connectivity index (χ1) is 12.1. The lowest BCUT2D eigenvalue weighted by atomic mass is 10.1. The average Bonchev–Trinajstić information content (AvgIpc) is 3.11. The number of carbonyl (C=O) groups excluding carboxylic acids is 1. The van der Waals surface area contributed by atoms with E-state index in [4.69, 9.17) is 37.4 Å². The first kappa shape index (κ1) is 17.9. The van der Waals surface area contributed by atoms with Gasteiger partial charge in [-0.3, -0.25) is 9.78 Å². The molecular formula is C17H16Cl2N2O4. The Balaban J connectivity index is 1.82. The zero-order chi connectivity index (χ0) is 17.8. The van der Waals surface area contributed by atoms with Crippen molar-refractivity contribution in [2.24, 2.45) is 0 Å². The average molecular weight is 383 g/mol. The van der Waals surface area contributed by atoms with Gasteiger partial charge in [0.2, 0.25) is 0 Å².